The Morgan fingerprint density at radius 3 is 2.72 bits per heavy atom. The van der Waals surface area contributed by atoms with Crippen LogP contribution in [0.4, 0.5) is 4.39 Å². The number of likely N-dealkylation sites (tertiary alicyclic amines) is 1. The van der Waals surface area contributed by atoms with Gasteiger partial charge in [-0.05, 0) is 37.0 Å². The van der Waals surface area contributed by atoms with Crippen LogP contribution < -0.4 is 0 Å². The largest absolute Gasteiger partial charge is 0.342 e. The first-order chi connectivity index (χ1) is 14.1. The summed E-state index contributed by atoms with van der Waals surface area (Å²) >= 11 is 0. The predicted molar refractivity (Wildman–Crippen MR) is 102 cm³/mol. The fourth-order valence-electron chi connectivity index (χ4n) is 3.50. The van der Waals surface area contributed by atoms with E-state index in [1.807, 2.05) is 15.8 Å². The fraction of sp³-hybridized carbons (Fsp3) is 0.450. The van der Waals surface area contributed by atoms with E-state index in [2.05, 4.69) is 27.4 Å². The Morgan fingerprint density at radius 1 is 1.24 bits per heavy atom. The molecule has 3 aromatic rings. The van der Waals surface area contributed by atoms with E-state index in [9.17, 15) is 9.18 Å². The number of hydrogen-bond acceptors (Lipinski definition) is 6. The van der Waals surface area contributed by atoms with Crippen LogP contribution in [0.2, 0.25) is 0 Å². The van der Waals surface area contributed by atoms with Crippen molar-refractivity contribution in [3.8, 4) is 11.6 Å². The maximum absolute atomic E-state index is 13.0. The lowest BCUT2D eigenvalue weighted by atomic mass is 10.0. The number of benzene rings is 1. The van der Waals surface area contributed by atoms with Crippen molar-refractivity contribution >= 4 is 5.91 Å². The zero-order valence-electron chi connectivity index (χ0n) is 16.3. The summed E-state index contributed by atoms with van der Waals surface area (Å²) in [6.07, 6.45) is 5.41. The molecule has 4 rings (SSSR count). The minimum atomic E-state index is -0.295. The van der Waals surface area contributed by atoms with Crippen LogP contribution >= 0.6 is 0 Å². The molecule has 9 heteroatoms. The summed E-state index contributed by atoms with van der Waals surface area (Å²) in [7, 11) is 0. The van der Waals surface area contributed by atoms with Gasteiger partial charge >= 0.3 is 0 Å². The number of carbonyl (C=O) groups is 1. The molecule has 0 atom stereocenters. The van der Waals surface area contributed by atoms with Crippen molar-refractivity contribution in [3.05, 3.63) is 47.7 Å². The van der Waals surface area contributed by atoms with E-state index in [-0.39, 0.29) is 24.2 Å². The maximum atomic E-state index is 13.0. The SMILES string of the molecule is CCCc1noc(-c2cn(C3CCN(C(=O)Cc4ccc(F)cc4)CC3)nn2)n1. The lowest BCUT2D eigenvalue weighted by Gasteiger charge is -2.32. The van der Waals surface area contributed by atoms with Crippen molar-refractivity contribution in [1.82, 2.24) is 30.0 Å². The van der Waals surface area contributed by atoms with Gasteiger partial charge in [-0.2, -0.15) is 4.98 Å². The van der Waals surface area contributed by atoms with Gasteiger partial charge in [-0.3, -0.25) is 4.79 Å². The molecule has 1 fully saturated rings. The van der Waals surface area contributed by atoms with Gasteiger partial charge in [0, 0.05) is 19.5 Å². The Hall–Kier alpha value is -3.10. The molecule has 0 bridgehead atoms. The molecule has 0 saturated carbocycles. The van der Waals surface area contributed by atoms with Crippen molar-refractivity contribution in [2.45, 2.75) is 45.1 Å². The Kier molecular flexibility index (Phi) is 5.64. The number of rotatable bonds is 6. The van der Waals surface area contributed by atoms with Crippen molar-refractivity contribution in [3.63, 3.8) is 0 Å². The van der Waals surface area contributed by atoms with Gasteiger partial charge in [-0.25, -0.2) is 9.07 Å². The average Bonchev–Trinajstić information content (AvgIpc) is 3.40. The molecule has 29 heavy (non-hydrogen) atoms. The lowest BCUT2D eigenvalue weighted by molar-refractivity contribution is -0.131. The highest BCUT2D eigenvalue weighted by Crippen LogP contribution is 2.24. The minimum Gasteiger partial charge on any atom is -0.342 e. The van der Waals surface area contributed by atoms with E-state index in [1.54, 1.807) is 12.1 Å². The molecule has 1 saturated heterocycles. The summed E-state index contributed by atoms with van der Waals surface area (Å²) in [6, 6.07) is 6.24. The van der Waals surface area contributed by atoms with Crippen LogP contribution in [0.5, 0.6) is 0 Å². The highest BCUT2D eigenvalue weighted by molar-refractivity contribution is 5.78. The molecule has 8 nitrogen and oxygen atoms in total. The van der Waals surface area contributed by atoms with Gasteiger partial charge in [0.2, 0.25) is 5.91 Å². The molecule has 0 unspecified atom stereocenters. The van der Waals surface area contributed by atoms with E-state index in [0.29, 0.717) is 30.5 Å². The lowest BCUT2D eigenvalue weighted by Crippen LogP contribution is -2.40. The molecule has 3 heterocycles. The van der Waals surface area contributed by atoms with Gasteiger partial charge in [-0.1, -0.05) is 29.4 Å². The molecule has 0 N–H and O–H groups in total. The number of hydrogen-bond donors (Lipinski definition) is 0. The van der Waals surface area contributed by atoms with Crippen molar-refractivity contribution in [2.24, 2.45) is 0 Å². The zero-order valence-corrected chi connectivity index (χ0v) is 16.3. The quantitative estimate of drug-likeness (QED) is 0.634. The van der Waals surface area contributed by atoms with E-state index in [4.69, 9.17) is 4.52 Å². The molecule has 0 aliphatic carbocycles. The van der Waals surface area contributed by atoms with Crippen LogP contribution in [0, 0.1) is 5.82 Å². The van der Waals surface area contributed by atoms with Gasteiger partial charge in [0.15, 0.2) is 11.5 Å². The third-order valence-electron chi connectivity index (χ3n) is 5.13. The normalized spacial score (nSPS) is 15.0. The monoisotopic (exact) mass is 398 g/mol. The fourth-order valence-corrected chi connectivity index (χ4v) is 3.50. The first kappa shape index (κ1) is 19.2. The molecule has 1 aromatic carbocycles. The summed E-state index contributed by atoms with van der Waals surface area (Å²) < 4.78 is 20.1. The second kappa shape index (κ2) is 8.50. The van der Waals surface area contributed by atoms with Crippen molar-refractivity contribution < 1.29 is 13.7 Å². The third kappa shape index (κ3) is 4.49. The number of aromatic nitrogens is 5. The number of halogens is 1. The van der Waals surface area contributed by atoms with Crippen LogP contribution in [0.3, 0.4) is 0 Å². The number of nitrogens with zero attached hydrogens (tertiary/aromatic N) is 6. The molecule has 1 aliphatic heterocycles. The molecule has 1 amide bonds. The summed E-state index contributed by atoms with van der Waals surface area (Å²) in [5.41, 5.74) is 1.39. The van der Waals surface area contributed by atoms with Crippen molar-refractivity contribution in [1.29, 1.82) is 0 Å². The molecular weight excluding hydrogens is 375 g/mol. The number of carbonyl (C=O) groups excluding carboxylic acids is 1. The third-order valence-corrected chi connectivity index (χ3v) is 5.13. The highest BCUT2D eigenvalue weighted by atomic mass is 19.1. The maximum Gasteiger partial charge on any atom is 0.280 e. The number of aryl methyl sites for hydroxylation is 1. The van der Waals surface area contributed by atoms with Gasteiger partial charge in [0.1, 0.15) is 5.82 Å². The second-order valence-corrected chi connectivity index (χ2v) is 7.26. The van der Waals surface area contributed by atoms with Crippen LogP contribution in [0.15, 0.2) is 35.0 Å². The number of amides is 1. The Morgan fingerprint density at radius 2 is 2.00 bits per heavy atom. The van der Waals surface area contributed by atoms with Gasteiger partial charge in [0.25, 0.3) is 5.89 Å². The van der Waals surface area contributed by atoms with Crippen LogP contribution in [-0.2, 0) is 17.6 Å². The minimum absolute atomic E-state index is 0.0589. The number of piperidine rings is 1. The van der Waals surface area contributed by atoms with Crippen LogP contribution in [0.25, 0.3) is 11.6 Å². The smallest absolute Gasteiger partial charge is 0.280 e. The summed E-state index contributed by atoms with van der Waals surface area (Å²) in [5, 5.41) is 12.3. The summed E-state index contributed by atoms with van der Waals surface area (Å²) in [4.78, 5) is 18.7. The predicted octanol–water partition coefficient (Wildman–Crippen LogP) is 2.83. The summed E-state index contributed by atoms with van der Waals surface area (Å²) in [5.74, 6) is 0.816. The molecule has 0 radical (unpaired) electrons. The van der Waals surface area contributed by atoms with Crippen LogP contribution in [-0.4, -0.2) is 49.0 Å². The Bertz CT molecular complexity index is 960. The molecule has 152 valence electrons. The van der Waals surface area contributed by atoms with Gasteiger partial charge in [-0.15, -0.1) is 5.10 Å². The standard InChI is InChI=1S/C20H23FN6O2/c1-2-3-18-22-20(29-24-18)17-13-27(25-23-17)16-8-10-26(11-9-16)19(28)12-14-4-6-15(21)7-5-14/h4-7,13,16H,2-3,8-12H2,1H3. The van der Waals surface area contributed by atoms with Crippen molar-refractivity contribution in [2.75, 3.05) is 13.1 Å². The first-order valence-electron chi connectivity index (χ1n) is 9.89. The van der Waals surface area contributed by atoms with E-state index < -0.39 is 0 Å². The van der Waals surface area contributed by atoms with E-state index >= 15 is 0 Å². The molecule has 0 spiro atoms. The second-order valence-electron chi connectivity index (χ2n) is 7.26. The van der Waals surface area contributed by atoms with Crippen LogP contribution in [0.1, 0.15) is 43.6 Å². The first-order valence-corrected chi connectivity index (χ1v) is 9.89. The Balaban J connectivity index is 1.33. The average molecular weight is 398 g/mol. The zero-order chi connectivity index (χ0) is 20.2. The summed E-state index contributed by atoms with van der Waals surface area (Å²) in [6.45, 7) is 3.37. The topological polar surface area (TPSA) is 89.9 Å². The van der Waals surface area contributed by atoms with E-state index in [0.717, 1.165) is 31.2 Å². The molecule has 2 aromatic heterocycles. The molecule has 1 aliphatic rings. The van der Waals surface area contributed by atoms with Gasteiger partial charge < -0.3 is 9.42 Å². The highest BCUT2D eigenvalue weighted by Gasteiger charge is 2.25. The van der Waals surface area contributed by atoms with E-state index in [1.165, 1.54) is 12.1 Å². The molecular formula is C20H23FN6O2. The van der Waals surface area contributed by atoms with Gasteiger partial charge in [0.05, 0.1) is 18.7 Å². The Labute approximate surface area is 167 Å².